The maximum absolute atomic E-state index is 12.4. The van der Waals surface area contributed by atoms with E-state index in [1.54, 1.807) is 0 Å². The number of rotatable bonds is 2. The summed E-state index contributed by atoms with van der Waals surface area (Å²) in [5.41, 5.74) is -0.770. The molecule has 1 heterocycles. The summed E-state index contributed by atoms with van der Waals surface area (Å²) < 4.78 is 24.8. The fourth-order valence-corrected chi connectivity index (χ4v) is 1.42. The third-order valence-corrected chi connectivity index (χ3v) is 2.74. The molecule has 0 bridgehead atoms. The van der Waals surface area contributed by atoms with Crippen LogP contribution in [0.4, 0.5) is 8.78 Å². The van der Waals surface area contributed by atoms with Crippen molar-refractivity contribution in [1.29, 1.82) is 0 Å². The molecule has 0 spiro atoms. The molecule has 0 aromatic carbocycles. The van der Waals surface area contributed by atoms with E-state index in [0.29, 0.717) is 0 Å². The van der Waals surface area contributed by atoms with E-state index in [0.717, 1.165) is 6.20 Å². The number of carbonyl (C=O) groups excluding carboxylic acids is 1. The number of aromatic nitrogens is 1. The first-order chi connectivity index (χ1) is 6.07. The summed E-state index contributed by atoms with van der Waals surface area (Å²) in [5, 5.41) is 0.0564. The minimum Gasteiger partial charge on any atom is -0.296 e. The molecular weight excluding hydrogens is 267 g/mol. The minimum absolute atomic E-state index is 0.0151. The molecule has 1 aromatic heterocycles. The quantitative estimate of drug-likeness (QED) is 0.772. The van der Waals surface area contributed by atoms with E-state index in [4.69, 9.17) is 11.6 Å². The predicted octanol–water partition coefficient (Wildman–Crippen LogP) is 3.25. The molecule has 70 valence electrons. The van der Waals surface area contributed by atoms with Gasteiger partial charge in [0.15, 0.2) is 6.29 Å². The van der Waals surface area contributed by atoms with Crippen LogP contribution in [0.25, 0.3) is 0 Å². The van der Waals surface area contributed by atoms with Gasteiger partial charge in [-0.3, -0.25) is 9.78 Å². The first kappa shape index (κ1) is 10.5. The third-order valence-electron chi connectivity index (χ3n) is 1.37. The van der Waals surface area contributed by atoms with Gasteiger partial charge in [-0.15, -0.1) is 0 Å². The summed E-state index contributed by atoms with van der Waals surface area (Å²) in [4.78, 5) is 13.8. The van der Waals surface area contributed by atoms with E-state index in [1.807, 2.05) is 0 Å². The second kappa shape index (κ2) is 4.11. The van der Waals surface area contributed by atoms with Crippen LogP contribution >= 0.6 is 27.5 Å². The number of alkyl halides is 2. The molecule has 0 aliphatic carbocycles. The molecule has 0 saturated carbocycles. The van der Waals surface area contributed by atoms with Gasteiger partial charge in [-0.1, -0.05) is 11.6 Å². The van der Waals surface area contributed by atoms with Gasteiger partial charge in [0, 0.05) is 10.7 Å². The lowest BCUT2D eigenvalue weighted by Gasteiger charge is -2.06. The maximum Gasteiger partial charge on any atom is 0.267 e. The van der Waals surface area contributed by atoms with Crippen molar-refractivity contribution in [2.45, 2.75) is 6.43 Å². The number of aldehydes is 1. The average molecular weight is 270 g/mol. The van der Waals surface area contributed by atoms with Crippen molar-refractivity contribution in [1.82, 2.24) is 4.98 Å². The molecule has 0 radical (unpaired) electrons. The number of hydrogen-bond acceptors (Lipinski definition) is 2. The SMILES string of the molecule is O=Cc1ncc(Cl)c(Br)c1C(F)F. The van der Waals surface area contributed by atoms with E-state index in [1.165, 1.54) is 0 Å². The molecule has 0 atom stereocenters. The second-order valence-electron chi connectivity index (χ2n) is 2.14. The van der Waals surface area contributed by atoms with E-state index >= 15 is 0 Å². The summed E-state index contributed by atoms with van der Waals surface area (Å²) >= 11 is 8.39. The Kier molecular flexibility index (Phi) is 3.33. The van der Waals surface area contributed by atoms with Gasteiger partial charge in [0.2, 0.25) is 0 Å². The molecule has 0 unspecified atom stereocenters. The lowest BCUT2D eigenvalue weighted by molar-refractivity contribution is 0.110. The Labute approximate surface area is 86.0 Å². The molecule has 13 heavy (non-hydrogen) atoms. The van der Waals surface area contributed by atoms with Gasteiger partial charge in [-0.05, 0) is 15.9 Å². The van der Waals surface area contributed by atoms with Gasteiger partial charge in [0.25, 0.3) is 6.43 Å². The normalized spacial score (nSPS) is 10.5. The van der Waals surface area contributed by atoms with Gasteiger partial charge >= 0.3 is 0 Å². The van der Waals surface area contributed by atoms with E-state index in [-0.39, 0.29) is 21.5 Å². The van der Waals surface area contributed by atoms with Crippen LogP contribution in [-0.4, -0.2) is 11.3 Å². The number of pyridine rings is 1. The summed E-state index contributed by atoms with van der Waals surface area (Å²) in [6.07, 6.45) is -1.37. The Balaban J connectivity index is 3.41. The molecule has 1 rings (SSSR count). The van der Waals surface area contributed by atoms with Gasteiger partial charge in [0.1, 0.15) is 5.69 Å². The van der Waals surface area contributed by atoms with Gasteiger partial charge in [-0.25, -0.2) is 8.78 Å². The van der Waals surface area contributed by atoms with E-state index in [9.17, 15) is 13.6 Å². The summed E-state index contributed by atoms with van der Waals surface area (Å²) in [6, 6.07) is 0. The number of halogens is 4. The van der Waals surface area contributed by atoms with Crippen LogP contribution in [0.15, 0.2) is 10.7 Å². The van der Waals surface area contributed by atoms with Crippen LogP contribution in [0.3, 0.4) is 0 Å². The Morgan fingerprint density at radius 1 is 1.62 bits per heavy atom. The van der Waals surface area contributed by atoms with Crippen molar-refractivity contribution < 1.29 is 13.6 Å². The summed E-state index contributed by atoms with van der Waals surface area (Å²) in [7, 11) is 0. The highest BCUT2D eigenvalue weighted by molar-refractivity contribution is 9.10. The Hall–Kier alpha value is -0.550. The fourth-order valence-electron chi connectivity index (χ4n) is 0.795. The van der Waals surface area contributed by atoms with Crippen molar-refractivity contribution in [3.8, 4) is 0 Å². The molecule has 0 fully saturated rings. The zero-order valence-electron chi connectivity index (χ0n) is 6.10. The van der Waals surface area contributed by atoms with Crippen molar-refractivity contribution in [2.24, 2.45) is 0 Å². The Morgan fingerprint density at radius 2 is 2.23 bits per heavy atom. The largest absolute Gasteiger partial charge is 0.296 e. The number of nitrogens with zero attached hydrogens (tertiary/aromatic N) is 1. The number of carbonyl (C=O) groups is 1. The molecule has 0 aliphatic heterocycles. The second-order valence-corrected chi connectivity index (χ2v) is 3.34. The Bertz CT molecular complexity index is 346. The summed E-state index contributed by atoms with van der Waals surface area (Å²) in [5.74, 6) is 0. The third kappa shape index (κ3) is 2.03. The van der Waals surface area contributed by atoms with Crippen molar-refractivity contribution in [2.75, 3.05) is 0 Å². The highest BCUT2D eigenvalue weighted by Gasteiger charge is 2.19. The molecule has 1 aromatic rings. The van der Waals surface area contributed by atoms with Crippen molar-refractivity contribution >= 4 is 33.8 Å². The smallest absolute Gasteiger partial charge is 0.267 e. The highest BCUT2D eigenvalue weighted by Crippen LogP contribution is 2.33. The molecular formula is C7H3BrClF2NO. The molecule has 0 amide bonds. The van der Waals surface area contributed by atoms with Crippen LogP contribution in [0.5, 0.6) is 0 Å². The first-order valence-corrected chi connectivity index (χ1v) is 4.32. The summed E-state index contributed by atoms with van der Waals surface area (Å²) in [6.45, 7) is 0. The monoisotopic (exact) mass is 269 g/mol. The van der Waals surface area contributed by atoms with Crippen LogP contribution < -0.4 is 0 Å². The molecule has 0 saturated heterocycles. The maximum atomic E-state index is 12.4. The average Bonchev–Trinajstić information content (AvgIpc) is 2.08. The first-order valence-electron chi connectivity index (χ1n) is 3.15. The van der Waals surface area contributed by atoms with Crippen molar-refractivity contribution in [3.05, 3.63) is 26.9 Å². The molecule has 2 nitrogen and oxygen atoms in total. The van der Waals surface area contributed by atoms with Gasteiger partial charge < -0.3 is 0 Å². The van der Waals surface area contributed by atoms with Crippen LogP contribution in [0.1, 0.15) is 22.5 Å². The van der Waals surface area contributed by atoms with Crippen molar-refractivity contribution in [3.63, 3.8) is 0 Å². The van der Waals surface area contributed by atoms with Crippen LogP contribution in [0.2, 0.25) is 5.02 Å². The lowest BCUT2D eigenvalue weighted by atomic mass is 10.2. The van der Waals surface area contributed by atoms with Gasteiger partial charge in [-0.2, -0.15) is 0 Å². The standard InChI is InChI=1S/C7H3BrClF2NO/c8-6-3(9)1-12-4(2-13)5(6)7(10)11/h1-2,7H. The zero-order valence-corrected chi connectivity index (χ0v) is 8.44. The lowest BCUT2D eigenvalue weighted by Crippen LogP contribution is -1.98. The fraction of sp³-hybridized carbons (Fsp3) is 0.143. The van der Waals surface area contributed by atoms with E-state index in [2.05, 4.69) is 20.9 Å². The molecule has 0 N–H and O–H groups in total. The topological polar surface area (TPSA) is 30.0 Å². The number of hydrogen-bond donors (Lipinski definition) is 0. The van der Waals surface area contributed by atoms with Crippen LogP contribution in [0, 0.1) is 0 Å². The molecule has 6 heteroatoms. The van der Waals surface area contributed by atoms with E-state index < -0.39 is 12.0 Å². The highest BCUT2D eigenvalue weighted by atomic mass is 79.9. The van der Waals surface area contributed by atoms with Gasteiger partial charge in [0.05, 0.1) is 10.6 Å². The molecule has 0 aliphatic rings. The van der Waals surface area contributed by atoms with Crippen LogP contribution in [-0.2, 0) is 0 Å². The minimum atomic E-state index is -2.78. The predicted molar refractivity (Wildman–Crippen MR) is 47.3 cm³/mol. The zero-order chi connectivity index (χ0) is 10.0. The Morgan fingerprint density at radius 3 is 2.69 bits per heavy atom.